The zero-order valence-electron chi connectivity index (χ0n) is 13.1. The van der Waals surface area contributed by atoms with Crippen LogP contribution in [0.15, 0.2) is 0 Å². The lowest BCUT2D eigenvalue weighted by molar-refractivity contribution is -0.137. The van der Waals surface area contributed by atoms with Gasteiger partial charge in [0.1, 0.15) is 0 Å². The van der Waals surface area contributed by atoms with E-state index < -0.39 is 0 Å². The van der Waals surface area contributed by atoms with Gasteiger partial charge in [-0.1, -0.05) is 19.3 Å². The van der Waals surface area contributed by atoms with E-state index in [0.29, 0.717) is 25.7 Å². The molecule has 1 amide bonds. The molecule has 2 rings (SSSR count). The molecule has 0 aromatic heterocycles. The van der Waals surface area contributed by atoms with Crippen molar-refractivity contribution in [3.8, 4) is 0 Å². The molecule has 1 saturated carbocycles. The number of morpholine rings is 1. The number of carbonyl (C=O) groups is 1. The van der Waals surface area contributed by atoms with Gasteiger partial charge in [-0.15, -0.1) is 12.4 Å². The number of nitrogens with two attached hydrogens (primary N) is 1. The van der Waals surface area contributed by atoms with Crippen LogP contribution in [0.5, 0.6) is 0 Å². The molecular formula is C15H30ClN3O2. The van der Waals surface area contributed by atoms with Crippen LogP contribution in [-0.2, 0) is 9.53 Å². The van der Waals surface area contributed by atoms with Crippen molar-refractivity contribution in [2.24, 2.45) is 5.73 Å². The van der Waals surface area contributed by atoms with Gasteiger partial charge in [0.05, 0.1) is 19.3 Å². The van der Waals surface area contributed by atoms with Crippen LogP contribution in [0.3, 0.4) is 0 Å². The van der Waals surface area contributed by atoms with Gasteiger partial charge in [0.25, 0.3) is 0 Å². The first-order valence-electron chi connectivity index (χ1n) is 8.08. The number of hydrogen-bond acceptors (Lipinski definition) is 4. The van der Waals surface area contributed by atoms with Crippen LogP contribution in [-0.4, -0.2) is 67.2 Å². The van der Waals surface area contributed by atoms with Crippen molar-refractivity contribution in [1.29, 1.82) is 0 Å². The number of halogens is 1. The quantitative estimate of drug-likeness (QED) is 0.828. The predicted octanol–water partition coefficient (Wildman–Crippen LogP) is 1.25. The highest BCUT2D eigenvalue weighted by Gasteiger charge is 2.27. The minimum atomic E-state index is 0. The second kappa shape index (κ2) is 9.62. The molecule has 0 aromatic rings. The van der Waals surface area contributed by atoms with Crippen LogP contribution in [0.25, 0.3) is 0 Å². The normalized spacial score (nSPS) is 24.4. The van der Waals surface area contributed by atoms with Gasteiger partial charge < -0.3 is 15.4 Å². The monoisotopic (exact) mass is 319 g/mol. The summed E-state index contributed by atoms with van der Waals surface area (Å²) in [7, 11) is 0. The predicted molar refractivity (Wildman–Crippen MR) is 86.7 cm³/mol. The van der Waals surface area contributed by atoms with E-state index in [2.05, 4.69) is 16.7 Å². The van der Waals surface area contributed by atoms with Crippen molar-refractivity contribution >= 4 is 18.3 Å². The van der Waals surface area contributed by atoms with Crippen LogP contribution >= 0.6 is 12.4 Å². The molecule has 1 heterocycles. The zero-order valence-corrected chi connectivity index (χ0v) is 13.9. The maximum atomic E-state index is 12.5. The first-order chi connectivity index (χ1) is 9.74. The fourth-order valence-corrected chi connectivity index (χ4v) is 3.38. The molecule has 1 aliphatic heterocycles. The maximum Gasteiger partial charge on any atom is 0.236 e. The molecule has 0 spiro atoms. The lowest BCUT2D eigenvalue weighted by Crippen LogP contribution is -2.51. The average molecular weight is 320 g/mol. The molecular weight excluding hydrogens is 290 g/mol. The van der Waals surface area contributed by atoms with E-state index in [9.17, 15) is 4.79 Å². The highest BCUT2D eigenvalue weighted by molar-refractivity contribution is 5.85. The van der Waals surface area contributed by atoms with E-state index in [-0.39, 0.29) is 24.4 Å². The van der Waals surface area contributed by atoms with Crippen molar-refractivity contribution in [3.63, 3.8) is 0 Å². The Morgan fingerprint density at radius 1 is 1.33 bits per heavy atom. The fourth-order valence-electron chi connectivity index (χ4n) is 3.38. The van der Waals surface area contributed by atoms with E-state index in [0.717, 1.165) is 19.6 Å². The summed E-state index contributed by atoms with van der Waals surface area (Å²) in [5.74, 6) is 0.275. The van der Waals surface area contributed by atoms with Crippen molar-refractivity contribution in [2.45, 2.75) is 51.2 Å². The Kier molecular flexibility index (Phi) is 8.56. The number of hydrogen-bond donors (Lipinski definition) is 1. The first kappa shape index (κ1) is 18.7. The highest BCUT2D eigenvalue weighted by Crippen LogP contribution is 2.22. The van der Waals surface area contributed by atoms with Crippen LogP contribution in [0.1, 0.15) is 39.0 Å². The summed E-state index contributed by atoms with van der Waals surface area (Å²) in [4.78, 5) is 16.8. The maximum absolute atomic E-state index is 12.5. The number of rotatable bonds is 5. The Bertz CT molecular complexity index is 311. The molecule has 5 nitrogen and oxygen atoms in total. The standard InChI is InChI=1S/C15H29N3O2.ClH/c1-2-18(13-6-4-3-5-7-13)15(19)12-17-8-9-20-14(10-16)11-17;/h13-14H,2-12,16H2,1H3;1H. The minimum Gasteiger partial charge on any atom is -0.374 e. The lowest BCUT2D eigenvalue weighted by atomic mass is 9.94. The highest BCUT2D eigenvalue weighted by atomic mass is 35.5. The van der Waals surface area contributed by atoms with Gasteiger partial charge in [-0.25, -0.2) is 0 Å². The lowest BCUT2D eigenvalue weighted by Gasteiger charge is -2.37. The summed E-state index contributed by atoms with van der Waals surface area (Å²) in [6.07, 6.45) is 6.29. The van der Waals surface area contributed by atoms with E-state index in [1.165, 1.54) is 32.1 Å². The van der Waals surface area contributed by atoms with E-state index in [1.54, 1.807) is 0 Å². The third-order valence-electron chi connectivity index (χ3n) is 4.52. The topological polar surface area (TPSA) is 58.8 Å². The molecule has 1 unspecified atom stereocenters. The summed E-state index contributed by atoms with van der Waals surface area (Å²) in [6, 6.07) is 0.465. The number of carbonyl (C=O) groups excluding carboxylic acids is 1. The molecule has 1 aliphatic carbocycles. The fraction of sp³-hybridized carbons (Fsp3) is 0.933. The second-order valence-corrected chi connectivity index (χ2v) is 5.94. The Morgan fingerprint density at radius 2 is 2.05 bits per heavy atom. The molecule has 2 aliphatic rings. The van der Waals surface area contributed by atoms with E-state index in [4.69, 9.17) is 10.5 Å². The Labute approximate surface area is 134 Å². The van der Waals surface area contributed by atoms with Crippen molar-refractivity contribution < 1.29 is 9.53 Å². The second-order valence-electron chi connectivity index (χ2n) is 5.94. The Balaban J connectivity index is 0.00000220. The summed E-state index contributed by atoms with van der Waals surface area (Å²) < 4.78 is 5.55. The van der Waals surface area contributed by atoms with Crippen molar-refractivity contribution in [1.82, 2.24) is 9.80 Å². The Morgan fingerprint density at radius 3 is 2.67 bits per heavy atom. The molecule has 0 bridgehead atoms. The molecule has 0 radical (unpaired) electrons. The van der Waals surface area contributed by atoms with E-state index in [1.807, 2.05) is 0 Å². The first-order valence-corrected chi connectivity index (χ1v) is 8.08. The van der Waals surface area contributed by atoms with Gasteiger partial charge in [0.15, 0.2) is 0 Å². The number of ether oxygens (including phenoxy) is 1. The molecule has 1 atom stereocenters. The molecule has 6 heteroatoms. The number of amides is 1. The van der Waals surface area contributed by atoms with Crippen LogP contribution < -0.4 is 5.73 Å². The summed E-state index contributed by atoms with van der Waals surface area (Å²) in [5, 5.41) is 0. The van der Waals surface area contributed by atoms with Crippen LogP contribution in [0.2, 0.25) is 0 Å². The molecule has 21 heavy (non-hydrogen) atoms. The molecule has 1 saturated heterocycles. The Hall–Kier alpha value is -0.360. The SMILES string of the molecule is CCN(C(=O)CN1CCOC(CN)C1)C1CCCCC1.Cl. The molecule has 124 valence electrons. The molecule has 2 N–H and O–H groups in total. The van der Waals surface area contributed by atoms with Gasteiger partial charge in [-0.3, -0.25) is 9.69 Å². The van der Waals surface area contributed by atoms with Gasteiger partial charge in [0, 0.05) is 32.2 Å². The molecule has 2 fully saturated rings. The van der Waals surface area contributed by atoms with Crippen LogP contribution in [0.4, 0.5) is 0 Å². The van der Waals surface area contributed by atoms with Crippen molar-refractivity contribution in [3.05, 3.63) is 0 Å². The minimum absolute atomic E-state index is 0. The van der Waals surface area contributed by atoms with Gasteiger partial charge in [-0.2, -0.15) is 0 Å². The largest absolute Gasteiger partial charge is 0.374 e. The van der Waals surface area contributed by atoms with Gasteiger partial charge in [-0.05, 0) is 19.8 Å². The summed E-state index contributed by atoms with van der Waals surface area (Å²) in [5.41, 5.74) is 5.65. The number of likely N-dealkylation sites (N-methyl/N-ethyl adjacent to an activating group) is 1. The number of nitrogens with zero attached hydrogens (tertiary/aromatic N) is 2. The zero-order chi connectivity index (χ0) is 14.4. The smallest absolute Gasteiger partial charge is 0.236 e. The molecule has 0 aromatic carbocycles. The van der Waals surface area contributed by atoms with Crippen LogP contribution in [0, 0.1) is 0 Å². The summed E-state index contributed by atoms with van der Waals surface area (Å²) >= 11 is 0. The third-order valence-corrected chi connectivity index (χ3v) is 4.52. The third kappa shape index (κ3) is 5.40. The van der Waals surface area contributed by atoms with Gasteiger partial charge >= 0.3 is 0 Å². The van der Waals surface area contributed by atoms with Crippen molar-refractivity contribution in [2.75, 3.05) is 39.3 Å². The van der Waals surface area contributed by atoms with E-state index >= 15 is 0 Å². The average Bonchev–Trinajstić information content (AvgIpc) is 2.49. The van der Waals surface area contributed by atoms with Gasteiger partial charge in [0.2, 0.25) is 5.91 Å². The summed E-state index contributed by atoms with van der Waals surface area (Å²) in [6.45, 7) is 6.28.